The molecule has 2 N–H and O–H groups in total. The maximum absolute atomic E-state index is 5.82. The van der Waals surface area contributed by atoms with Gasteiger partial charge in [-0.2, -0.15) is 0 Å². The van der Waals surface area contributed by atoms with Crippen molar-refractivity contribution in [1.82, 2.24) is 4.90 Å². The Labute approximate surface area is 106 Å². The van der Waals surface area contributed by atoms with Crippen LogP contribution in [0.3, 0.4) is 0 Å². The van der Waals surface area contributed by atoms with Crippen molar-refractivity contribution in [3.8, 4) is 0 Å². The van der Waals surface area contributed by atoms with Gasteiger partial charge in [0.2, 0.25) is 0 Å². The van der Waals surface area contributed by atoms with E-state index in [0.29, 0.717) is 6.04 Å². The van der Waals surface area contributed by atoms with Gasteiger partial charge < -0.3 is 10.6 Å². The van der Waals surface area contributed by atoms with E-state index in [2.05, 4.69) is 31.0 Å². The van der Waals surface area contributed by atoms with Gasteiger partial charge >= 0.3 is 0 Å². The van der Waals surface area contributed by atoms with Crippen molar-refractivity contribution in [1.29, 1.82) is 0 Å². The van der Waals surface area contributed by atoms with Crippen LogP contribution in [-0.4, -0.2) is 24.0 Å². The fraction of sp³-hybridized carbons (Fsp3) is 0.818. The van der Waals surface area contributed by atoms with Crippen LogP contribution < -0.4 is 5.73 Å². The Balaban J connectivity index is 0. The lowest BCUT2D eigenvalue weighted by atomic mass is 10.1. The molecule has 0 amide bonds. The Kier molecular flexibility index (Phi) is 10.9. The molecule has 0 aromatic rings. The van der Waals surface area contributed by atoms with E-state index >= 15 is 0 Å². The van der Waals surface area contributed by atoms with E-state index in [4.69, 9.17) is 5.73 Å². The maximum Gasteiger partial charge on any atom is 0.0187 e. The minimum Gasteiger partial charge on any atom is -0.378 e. The number of allylic oxidation sites excluding steroid dienone is 1. The third-order valence-corrected chi connectivity index (χ3v) is 2.50. The summed E-state index contributed by atoms with van der Waals surface area (Å²) in [6.45, 7) is 6.76. The van der Waals surface area contributed by atoms with Crippen molar-refractivity contribution in [3.63, 3.8) is 0 Å². The average molecular weight is 255 g/mol. The fourth-order valence-corrected chi connectivity index (χ4v) is 1.55. The largest absolute Gasteiger partial charge is 0.378 e. The Morgan fingerprint density at radius 3 is 2.27 bits per heavy atom. The first kappa shape index (κ1) is 17.5. The van der Waals surface area contributed by atoms with Crippen LogP contribution in [0.5, 0.6) is 0 Å². The van der Waals surface area contributed by atoms with Crippen LogP contribution in [0.2, 0.25) is 0 Å². The lowest BCUT2D eigenvalue weighted by Gasteiger charge is -2.28. The first-order valence-electron chi connectivity index (χ1n) is 5.35. The molecular formula is C11H24Cl2N2. The molecule has 2 nitrogen and oxygen atoms in total. The molecule has 0 atom stereocenters. The highest BCUT2D eigenvalue weighted by atomic mass is 35.5. The molecule has 15 heavy (non-hydrogen) atoms. The molecule has 1 aliphatic rings. The Morgan fingerprint density at radius 1 is 1.27 bits per heavy atom. The van der Waals surface area contributed by atoms with Gasteiger partial charge in [0.05, 0.1) is 0 Å². The lowest BCUT2D eigenvalue weighted by molar-refractivity contribution is 0.284. The monoisotopic (exact) mass is 254 g/mol. The van der Waals surface area contributed by atoms with Crippen molar-refractivity contribution >= 4 is 24.8 Å². The Hall–Kier alpha value is 0.0800. The zero-order valence-electron chi connectivity index (χ0n) is 9.69. The first-order valence-corrected chi connectivity index (χ1v) is 5.35. The molecule has 1 aliphatic heterocycles. The van der Waals surface area contributed by atoms with Crippen LogP contribution in [0.25, 0.3) is 0 Å². The molecule has 0 radical (unpaired) electrons. The normalized spacial score (nSPS) is 17.7. The quantitative estimate of drug-likeness (QED) is 0.840. The van der Waals surface area contributed by atoms with Gasteiger partial charge in [0.25, 0.3) is 0 Å². The topological polar surface area (TPSA) is 29.3 Å². The Morgan fingerprint density at radius 2 is 1.80 bits per heavy atom. The van der Waals surface area contributed by atoms with Crippen LogP contribution in [-0.2, 0) is 0 Å². The molecule has 0 saturated carbocycles. The number of hydrogen-bond acceptors (Lipinski definition) is 2. The molecule has 1 fully saturated rings. The van der Waals surface area contributed by atoms with Crippen LogP contribution in [0.4, 0.5) is 0 Å². The van der Waals surface area contributed by atoms with Gasteiger partial charge in [-0.1, -0.05) is 19.9 Å². The highest BCUT2D eigenvalue weighted by Crippen LogP contribution is 2.09. The number of hydrogen-bond donors (Lipinski definition) is 1. The third-order valence-electron chi connectivity index (χ3n) is 2.50. The highest BCUT2D eigenvalue weighted by Gasteiger charge is 2.12. The molecule has 0 aliphatic carbocycles. The predicted molar refractivity (Wildman–Crippen MR) is 71.9 cm³/mol. The summed E-state index contributed by atoms with van der Waals surface area (Å²) in [7, 11) is 0. The molecule has 1 heterocycles. The molecule has 1 rings (SSSR count). The summed E-state index contributed by atoms with van der Waals surface area (Å²) >= 11 is 0. The Bertz CT molecular complexity index is 164. The van der Waals surface area contributed by atoms with E-state index in [1.165, 1.54) is 6.42 Å². The van der Waals surface area contributed by atoms with E-state index in [1.807, 2.05) is 0 Å². The maximum atomic E-state index is 5.82. The lowest BCUT2D eigenvalue weighted by Crippen LogP contribution is -2.36. The van der Waals surface area contributed by atoms with Gasteiger partial charge in [-0.05, 0) is 31.4 Å². The fourth-order valence-electron chi connectivity index (χ4n) is 1.55. The van der Waals surface area contributed by atoms with E-state index in [9.17, 15) is 0 Å². The SMILES string of the molecule is CC(C)CC=CN1CCC(N)CC1.Cl.Cl. The van der Waals surface area contributed by atoms with E-state index in [-0.39, 0.29) is 24.8 Å². The number of nitrogens with zero attached hydrogens (tertiary/aromatic N) is 1. The van der Waals surface area contributed by atoms with Crippen LogP contribution in [0.1, 0.15) is 33.1 Å². The summed E-state index contributed by atoms with van der Waals surface area (Å²) in [6.07, 6.45) is 7.99. The minimum atomic E-state index is 0. The molecule has 92 valence electrons. The standard InChI is InChI=1S/C11H22N2.2ClH/c1-10(2)4-3-7-13-8-5-11(12)6-9-13;;/h3,7,10-11H,4-6,8-9,12H2,1-2H3;2*1H. The average Bonchev–Trinajstić information content (AvgIpc) is 2.08. The van der Waals surface area contributed by atoms with Crippen molar-refractivity contribution in [2.45, 2.75) is 39.2 Å². The number of halogens is 2. The second-order valence-electron chi connectivity index (χ2n) is 4.39. The van der Waals surface area contributed by atoms with Crippen LogP contribution >= 0.6 is 24.8 Å². The molecular weight excluding hydrogens is 231 g/mol. The van der Waals surface area contributed by atoms with Crippen molar-refractivity contribution in [2.75, 3.05) is 13.1 Å². The van der Waals surface area contributed by atoms with Gasteiger partial charge in [0.15, 0.2) is 0 Å². The van der Waals surface area contributed by atoms with E-state index in [1.54, 1.807) is 0 Å². The zero-order chi connectivity index (χ0) is 9.68. The highest BCUT2D eigenvalue weighted by molar-refractivity contribution is 5.85. The summed E-state index contributed by atoms with van der Waals surface area (Å²) < 4.78 is 0. The summed E-state index contributed by atoms with van der Waals surface area (Å²) in [5.74, 6) is 0.767. The molecule has 4 heteroatoms. The number of likely N-dealkylation sites (tertiary alicyclic amines) is 1. The number of nitrogens with two attached hydrogens (primary N) is 1. The molecule has 0 bridgehead atoms. The van der Waals surface area contributed by atoms with E-state index in [0.717, 1.165) is 31.8 Å². The number of piperidine rings is 1. The van der Waals surface area contributed by atoms with Crippen molar-refractivity contribution in [2.24, 2.45) is 11.7 Å². The summed E-state index contributed by atoms with van der Waals surface area (Å²) in [5.41, 5.74) is 5.82. The smallest absolute Gasteiger partial charge is 0.0187 e. The van der Waals surface area contributed by atoms with Gasteiger partial charge in [-0.25, -0.2) is 0 Å². The zero-order valence-corrected chi connectivity index (χ0v) is 11.3. The molecule has 0 spiro atoms. The van der Waals surface area contributed by atoms with Gasteiger partial charge in [-0.15, -0.1) is 24.8 Å². The summed E-state index contributed by atoms with van der Waals surface area (Å²) in [5, 5.41) is 0. The first-order chi connectivity index (χ1) is 6.18. The van der Waals surface area contributed by atoms with Crippen molar-refractivity contribution < 1.29 is 0 Å². The van der Waals surface area contributed by atoms with Crippen molar-refractivity contribution in [3.05, 3.63) is 12.3 Å². The molecule has 0 unspecified atom stereocenters. The van der Waals surface area contributed by atoms with Crippen LogP contribution in [0, 0.1) is 5.92 Å². The van der Waals surface area contributed by atoms with Gasteiger partial charge in [-0.3, -0.25) is 0 Å². The number of rotatable bonds is 3. The molecule has 0 aromatic heterocycles. The second-order valence-corrected chi connectivity index (χ2v) is 4.39. The predicted octanol–water partition coefficient (Wildman–Crippen LogP) is 2.81. The second kappa shape index (κ2) is 9.32. The molecule has 0 aromatic carbocycles. The van der Waals surface area contributed by atoms with E-state index < -0.39 is 0 Å². The molecule has 1 saturated heterocycles. The van der Waals surface area contributed by atoms with Gasteiger partial charge in [0.1, 0.15) is 0 Å². The third kappa shape index (κ3) is 7.95. The summed E-state index contributed by atoms with van der Waals surface area (Å²) in [6, 6.07) is 0.440. The minimum absolute atomic E-state index is 0. The van der Waals surface area contributed by atoms with Gasteiger partial charge in [0, 0.05) is 19.1 Å². The van der Waals surface area contributed by atoms with Crippen LogP contribution in [0.15, 0.2) is 12.3 Å². The summed E-state index contributed by atoms with van der Waals surface area (Å²) in [4.78, 5) is 2.38.